The van der Waals surface area contributed by atoms with Gasteiger partial charge in [0.25, 0.3) is 5.91 Å². The second-order valence-electron chi connectivity index (χ2n) is 4.56. The van der Waals surface area contributed by atoms with E-state index in [0.717, 1.165) is 4.90 Å². The molecule has 0 radical (unpaired) electrons. The molecule has 1 unspecified atom stereocenters. The Morgan fingerprint density at radius 3 is 2.48 bits per heavy atom. The third-order valence-corrected chi connectivity index (χ3v) is 2.97. The van der Waals surface area contributed by atoms with Crippen LogP contribution in [0.4, 0.5) is 4.79 Å². The number of likely N-dealkylation sites (tertiary alicyclic amines) is 1. The van der Waals surface area contributed by atoms with Crippen molar-refractivity contribution in [1.82, 2.24) is 15.5 Å². The highest BCUT2D eigenvalue weighted by Crippen LogP contribution is 2.10. The molecule has 0 aromatic carbocycles. The van der Waals surface area contributed by atoms with E-state index in [1.165, 1.54) is 7.05 Å². The van der Waals surface area contributed by atoms with E-state index >= 15 is 0 Å². The first-order chi connectivity index (χ1) is 9.72. The third-order valence-electron chi connectivity index (χ3n) is 2.97. The Bertz CT molecular complexity index is 491. The molecule has 116 valence electrons. The standard InChI is InChI=1S/C11H16N4O6/c1-15-8(17)4-6(9(15)18)14-11(21)13-5(10(19)20)2-3-7(12)16/h5-6H,2-4H2,1H3,(H2,12,16)(H,19,20)(H2,13,14,21)/t5-,6?/m1/s1. The van der Waals surface area contributed by atoms with Crippen LogP contribution in [0.2, 0.25) is 0 Å². The van der Waals surface area contributed by atoms with Crippen LogP contribution in [-0.2, 0) is 19.2 Å². The molecule has 0 aliphatic carbocycles. The van der Waals surface area contributed by atoms with Crippen molar-refractivity contribution in [2.45, 2.75) is 31.3 Å². The van der Waals surface area contributed by atoms with E-state index < -0.39 is 41.8 Å². The van der Waals surface area contributed by atoms with Crippen LogP contribution in [0.3, 0.4) is 0 Å². The lowest BCUT2D eigenvalue weighted by Gasteiger charge is -2.16. The monoisotopic (exact) mass is 300 g/mol. The molecule has 0 aromatic heterocycles. The van der Waals surface area contributed by atoms with E-state index in [1.807, 2.05) is 0 Å². The van der Waals surface area contributed by atoms with Crippen LogP contribution in [0.15, 0.2) is 0 Å². The molecule has 5 N–H and O–H groups in total. The van der Waals surface area contributed by atoms with E-state index in [9.17, 15) is 24.0 Å². The van der Waals surface area contributed by atoms with Gasteiger partial charge < -0.3 is 21.5 Å². The molecule has 1 rings (SSSR count). The average Bonchev–Trinajstić information content (AvgIpc) is 2.61. The number of primary amides is 1. The number of carboxylic acid groups (broad SMARTS) is 1. The summed E-state index contributed by atoms with van der Waals surface area (Å²) in [6, 6.07) is -3.25. The molecule has 10 heteroatoms. The van der Waals surface area contributed by atoms with Crippen LogP contribution in [0, 0.1) is 0 Å². The molecule has 1 heterocycles. The van der Waals surface area contributed by atoms with Gasteiger partial charge in [-0.2, -0.15) is 0 Å². The van der Waals surface area contributed by atoms with Crippen molar-refractivity contribution in [3.05, 3.63) is 0 Å². The largest absolute Gasteiger partial charge is 0.480 e. The van der Waals surface area contributed by atoms with Gasteiger partial charge in [0, 0.05) is 13.5 Å². The van der Waals surface area contributed by atoms with Gasteiger partial charge in [-0.05, 0) is 6.42 Å². The molecule has 2 atom stereocenters. The zero-order valence-electron chi connectivity index (χ0n) is 11.3. The Balaban J connectivity index is 2.54. The van der Waals surface area contributed by atoms with Crippen molar-refractivity contribution in [3.63, 3.8) is 0 Å². The molecular formula is C11H16N4O6. The number of nitrogens with one attached hydrogen (secondary N) is 2. The fraction of sp³-hybridized carbons (Fsp3) is 0.545. The van der Waals surface area contributed by atoms with Crippen LogP contribution >= 0.6 is 0 Å². The number of amides is 5. The summed E-state index contributed by atoms with van der Waals surface area (Å²) in [4.78, 5) is 56.9. The number of nitrogens with zero attached hydrogens (tertiary/aromatic N) is 1. The first kappa shape index (κ1) is 16.4. The highest BCUT2D eigenvalue weighted by Gasteiger charge is 2.37. The number of carbonyl (C=O) groups is 5. The molecule has 0 bridgehead atoms. The molecule has 1 aliphatic heterocycles. The van der Waals surface area contributed by atoms with Gasteiger partial charge in [0.05, 0.1) is 6.42 Å². The van der Waals surface area contributed by atoms with E-state index in [4.69, 9.17) is 10.8 Å². The summed E-state index contributed by atoms with van der Waals surface area (Å²) in [5.74, 6) is -3.04. The number of urea groups is 1. The summed E-state index contributed by atoms with van der Waals surface area (Å²) in [7, 11) is 1.29. The molecule has 0 aromatic rings. The van der Waals surface area contributed by atoms with Crippen LogP contribution in [0.25, 0.3) is 0 Å². The molecule has 1 saturated heterocycles. The Morgan fingerprint density at radius 1 is 1.43 bits per heavy atom. The minimum Gasteiger partial charge on any atom is -0.480 e. The maximum Gasteiger partial charge on any atom is 0.326 e. The normalized spacial score (nSPS) is 19.3. The topological polar surface area (TPSA) is 159 Å². The second kappa shape index (κ2) is 6.68. The maximum absolute atomic E-state index is 11.6. The van der Waals surface area contributed by atoms with Gasteiger partial charge in [-0.1, -0.05) is 0 Å². The van der Waals surface area contributed by atoms with Crippen LogP contribution in [0.1, 0.15) is 19.3 Å². The lowest BCUT2D eigenvalue weighted by Crippen LogP contribution is -2.50. The average molecular weight is 300 g/mol. The van der Waals surface area contributed by atoms with Crippen molar-refractivity contribution < 1.29 is 29.1 Å². The Labute approximate surface area is 119 Å². The van der Waals surface area contributed by atoms with Crippen molar-refractivity contribution in [3.8, 4) is 0 Å². The minimum absolute atomic E-state index is 0.171. The summed E-state index contributed by atoms with van der Waals surface area (Å²) in [6.45, 7) is 0. The minimum atomic E-state index is -1.34. The number of carboxylic acids is 1. The lowest BCUT2D eigenvalue weighted by molar-refractivity contribution is -0.139. The molecule has 10 nitrogen and oxygen atoms in total. The lowest BCUT2D eigenvalue weighted by atomic mass is 10.1. The van der Waals surface area contributed by atoms with Crippen molar-refractivity contribution in [2.24, 2.45) is 5.73 Å². The number of aliphatic carboxylic acids is 1. The van der Waals surface area contributed by atoms with E-state index in [2.05, 4.69) is 10.6 Å². The second-order valence-corrected chi connectivity index (χ2v) is 4.56. The summed E-state index contributed by atoms with van der Waals surface area (Å²) >= 11 is 0. The van der Waals surface area contributed by atoms with Gasteiger partial charge in [0.2, 0.25) is 11.8 Å². The zero-order valence-corrected chi connectivity index (χ0v) is 11.3. The first-order valence-electron chi connectivity index (χ1n) is 6.11. The van der Waals surface area contributed by atoms with Crippen molar-refractivity contribution in [1.29, 1.82) is 0 Å². The van der Waals surface area contributed by atoms with Crippen molar-refractivity contribution >= 4 is 29.7 Å². The number of carbonyl (C=O) groups excluding carboxylic acids is 4. The number of rotatable bonds is 6. The van der Waals surface area contributed by atoms with Crippen LogP contribution < -0.4 is 16.4 Å². The summed E-state index contributed by atoms with van der Waals surface area (Å²) in [5, 5.41) is 13.2. The number of likely N-dealkylation sites (N-methyl/N-ethyl adjacent to an activating group) is 1. The molecule has 0 spiro atoms. The number of hydrogen-bond donors (Lipinski definition) is 4. The van der Waals surface area contributed by atoms with Gasteiger partial charge >= 0.3 is 12.0 Å². The van der Waals surface area contributed by atoms with Crippen molar-refractivity contribution in [2.75, 3.05) is 7.05 Å². The van der Waals surface area contributed by atoms with Crippen LogP contribution in [-0.4, -0.2) is 58.9 Å². The van der Waals surface area contributed by atoms with E-state index in [0.29, 0.717) is 0 Å². The number of hydrogen-bond acceptors (Lipinski definition) is 5. The quantitative estimate of drug-likeness (QED) is 0.406. The predicted molar refractivity (Wildman–Crippen MR) is 67.7 cm³/mol. The van der Waals surface area contributed by atoms with Gasteiger partial charge in [0.1, 0.15) is 12.1 Å². The predicted octanol–water partition coefficient (Wildman–Crippen LogP) is -2.24. The molecule has 0 saturated carbocycles. The fourth-order valence-electron chi connectivity index (χ4n) is 1.77. The Kier molecular flexibility index (Phi) is 5.22. The van der Waals surface area contributed by atoms with Crippen LogP contribution in [0.5, 0.6) is 0 Å². The highest BCUT2D eigenvalue weighted by molar-refractivity contribution is 6.06. The third kappa shape index (κ3) is 4.44. The Morgan fingerprint density at radius 2 is 2.05 bits per heavy atom. The smallest absolute Gasteiger partial charge is 0.326 e. The molecule has 5 amide bonds. The van der Waals surface area contributed by atoms with Gasteiger partial charge in [-0.15, -0.1) is 0 Å². The maximum atomic E-state index is 11.6. The summed E-state index contributed by atoms with van der Waals surface area (Å²) in [5.41, 5.74) is 4.90. The molecule has 21 heavy (non-hydrogen) atoms. The summed E-state index contributed by atoms with van der Waals surface area (Å²) < 4.78 is 0. The number of imide groups is 1. The molecule has 1 fully saturated rings. The highest BCUT2D eigenvalue weighted by atomic mass is 16.4. The number of nitrogens with two attached hydrogens (primary N) is 1. The zero-order chi connectivity index (χ0) is 16.2. The SMILES string of the molecule is CN1C(=O)CC(NC(=O)N[C@H](CCC(N)=O)C(=O)O)C1=O. The van der Waals surface area contributed by atoms with Gasteiger partial charge in [-0.3, -0.25) is 19.3 Å². The van der Waals surface area contributed by atoms with Gasteiger partial charge in [0.15, 0.2) is 0 Å². The van der Waals surface area contributed by atoms with Gasteiger partial charge in [-0.25, -0.2) is 9.59 Å². The first-order valence-corrected chi connectivity index (χ1v) is 6.11. The fourth-order valence-corrected chi connectivity index (χ4v) is 1.77. The molecule has 1 aliphatic rings. The summed E-state index contributed by atoms with van der Waals surface area (Å²) in [6.07, 6.45) is -0.557. The molecular weight excluding hydrogens is 284 g/mol. The van der Waals surface area contributed by atoms with E-state index in [-0.39, 0.29) is 19.3 Å². The Hall–Kier alpha value is -2.65. The van der Waals surface area contributed by atoms with E-state index in [1.54, 1.807) is 0 Å².